The Morgan fingerprint density at radius 3 is 2.00 bits per heavy atom. The molecule has 1 aliphatic rings. The zero-order chi connectivity index (χ0) is 19.6. The van der Waals surface area contributed by atoms with Crippen LogP contribution in [0.5, 0.6) is 0 Å². The molecule has 26 heavy (non-hydrogen) atoms. The van der Waals surface area contributed by atoms with Crippen LogP contribution in [0.15, 0.2) is 4.40 Å². The number of rotatable bonds is 4. The van der Waals surface area contributed by atoms with E-state index in [0.29, 0.717) is 7.14 Å². The highest BCUT2D eigenvalue weighted by Crippen LogP contribution is 2.34. The highest BCUT2D eigenvalue weighted by molar-refractivity contribution is 14.1. The van der Waals surface area contributed by atoms with E-state index in [1.165, 1.54) is 0 Å². The predicted molar refractivity (Wildman–Crippen MR) is 131 cm³/mol. The molecule has 0 N–H and O–H groups in total. The number of carbonyl (C=O) groups is 1. The van der Waals surface area contributed by atoms with Gasteiger partial charge < -0.3 is 9.84 Å². The van der Waals surface area contributed by atoms with Gasteiger partial charge in [0.15, 0.2) is 0 Å². The molecule has 2 rings (SSSR count). The van der Waals surface area contributed by atoms with Gasteiger partial charge in [0.1, 0.15) is 6.10 Å². The van der Waals surface area contributed by atoms with Crippen molar-refractivity contribution in [2.75, 3.05) is 6.26 Å². The van der Waals surface area contributed by atoms with Gasteiger partial charge in [0.25, 0.3) is 0 Å². The third kappa shape index (κ3) is 5.77. The molecule has 0 radical (unpaired) electrons. The molecule has 0 bridgehead atoms. The second-order valence-corrected chi connectivity index (χ2v) is 11.8. The van der Waals surface area contributed by atoms with Crippen LogP contribution in [0.4, 0.5) is 0 Å². The van der Waals surface area contributed by atoms with Crippen LogP contribution in [0.2, 0.25) is 0 Å². The summed E-state index contributed by atoms with van der Waals surface area (Å²) in [7, 11) is -3.88. The number of halogens is 4. The maximum absolute atomic E-state index is 12.9. The Kier molecular flexibility index (Phi) is 8.68. The van der Waals surface area contributed by atoms with Crippen molar-refractivity contribution in [2.45, 2.75) is 38.2 Å². The highest BCUT2D eigenvalue weighted by atomic mass is 127. The Balaban J connectivity index is 2.59. The van der Waals surface area contributed by atoms with Gasteiger partial charge >= 0.3 is 5.97 Å². The molecule has 0 heterocycles. The smallest absolute Gasteiger partial charge is 0.340 e. The monoisotopic (exact) mass is 828 g/mol. The lowest BCUT2D eigenvalue weighted by atomic mass is 9.97. The van der Waals surface area contributed by atoms with E-state index in [1.54, 1.807) is 0 Å². The lowest BCUT2D eigenvalue weighted by Crippen LogP contribution is -2.29. The fraction of sp³-hybridized carbons (Fsp3) is 0.467. The summed E-state index contributed by atoms with van der Waals surface area (Å²) in [4.78, 5) is 12.9. The minimum absolute atomic E-state index is 0.00829. The van der Waals surface area contributed by atoms with Gasteiger partial charge in [-0.3, -0.25) is 0 Å². The van der Waals surface area contributed by atoms with Gasteiger partial charge in [-0.2, -0.15) is 4.40 Å². The zero-order valence-electron chi connectivity index (χ0n) is 13.5. The Morgan fingerprint density at radius 1 is 1.00 bits per heavy atom. The van der Waals surface area contributed by atoms with E-state index in [0.717, 1.165) is 45.5 Å². The summed E-state index contributed by atoms with van der Waals surface area (Å²) in [5.74, 6) is -1.54. The lowest BCUT2D eigenvalue weighted by molar-refractivity contribution is -0.212. The van der Waals surface area contributed by atoms with Crippen LogP contribution in [0, 0.1) is 14.3 Å². The van der Waals surface area contributed by atoms with Crippen molar-refractivity contribution < 1.29 is 23.1 Å². The second kappa shape index (κ2) is 9.69. The summed E-state index contributed by atoms with van der Waals surface area (Å²) < 4.78 is 34.4. The van der Waals surface area contributed by atoms with E-state index in [2.05, 4.69) is 49.6 Å². The summed E-state index contributed by atoms with van der Waals surface area (Å²) in [6.07, 6.45) is 5.42. The van der Waals surface area contributed by atoms with Crippen LogP contribution in [-0.4, -0.2) is 32.6 Å². The molecular formula is C15H14I4NO5S-. The topological polar surface area (TPSA) is 95.9 Å². The summed E-state index contributed by atoms with van der Waals surface area (Å²) in [6.45, 7) is 0. The van der Waals surface area contributed by atoms with E-state index in [1.807, 2.05) is 45.2 Å². The molecule has 1 aromatic rings. The van der Waals surface area contributed by atoms with Gasteiger partial charge in [-0.25, -0.2) is 13.2 Å². The van der Waals surface area contributed by atoms with Gasteiger partial charge in [-0.15, -0.1) is 0 Å². The molecule has 0 spiro atoms. The van der Waals surface area contributed by atoms with Crippen LogP contribution >= 0.6 is 90.4 Å². The first-order chi connectivity index (χ1) is 12.0. The van der Waals surface area contributed by atoms with Gasteiger partial charge in [0.05, 0.1) is 11.8 Å². The van der Waals surface area contributed by atoms with Crippen molar-refractivity contribution >= 4 is 112 Å². The van der Waals surface area contributed by atoms with E-state index in [-0.39, 0.29) is 17.2 Å². The minimum atomic E-state index is -3.88. The number of hydrogen-bond donors (Lipinski definition) is 0. The molecule has 144 valence electrons. The molecule has 6 nitrogen and oxygen atoms in total. The van der Waals surface area contributed by atoms with Crippen LogP contribution in [0.25, 0.3) is 0 Å². The first kappa shape index (κ1) is 23.3. The molecule has 0 unspecified atom stereocenters. The summed E-state index contributed by atoms with van der Waals surface area (Å²) in [5, 5.41) is 12.5. The maximum atomic E-state index is 12.9. The standard InChI is InChI=1S/C15H15I4NO5S/c1-26(23,24)20-14(21)8-9(11(17)13(19)12(18)10(8)16)15(22)25-7-5-3-2-4-6-7/h7H,2-6H2,1H3,(H,20,21)/p-1. The molecule has 1 aliphatic carbocycles. The van der Waals surface area contributed by atoms with E-state index in [9.17, 15) is 18.3 Å². The average molecular weight is 828 g/mol. The van der Waals surface area contributed by atoms with E-state index in [4.69, 9.17) is 4.74 Å². The molecule has 11 heteroatoms. The predicted octanol–water partition coefficient (Wildman–Crippen LogP) is 3.66. The first-order valence-electron chi connectivity index (χ1n) is 7.57. The number of sulfonamides is 1. The third-order valence-corrected chi connectivity index (χ3v) is 11.7. The van der Waals surface area contributed by atoms with Crippen molar-refractivity contribution in [1.29, 1.82) is 0 Å². The van der Waals surface area contributed by atoms with Gasteiger partial charge in [-0.05, 0) is 116 Å². The summed E-state index contributed by atoms with van der Waals surface area (Å²) in [5.41, 5.74) is 0.0915. The first-order valence-corrected chi connectivity index (χ1v) is 13.7. The Hall–Kier alpha value is 1.03. The number of ether oxygens (including phenoxy) is 1. The van der Waals surface area contributed by atoms with Crippen LogP contribution in [0.1, 0.15) is 48.0 Å². The second-order valence-electron chi connectivity index (χ2n) is 5.80. The fourth-order valence-electron chi connectivity index (χ4n) is 2.61. The molecule has 0 aromatic heterocycles. The normalized spacial score (nSPS) is 16.6. The number of benzene rings is 1. The molecule has 1 fully saturated rings. The summed E-state index contributed by atoms with van der Waals surface area (Å²) >= 11 is 8.11. The molecule has 0 amide bonds. The van der Waals surface area contributed by atoms with E-state index < -0.39 is 21.9 Å². The van der Waals surface area contributed by atoms with Crippen molar-refractivity contribution in [1.82, 2.24) is 0 Å². The number of esters is 1. The van der Waals surface area contributed by atoms with Gasteiger partial charge in [0.2, 0.25) is 10.0 Å². The quantitative estimate of drug-likeness (QED) is 0.116. The Labute approximate surface area is 206 Å². The molecule has 0 atom stereocenters. The largest absolute Gasteiger partial charge is 0.858 e. The zero-order valence-corrected chi connectivity index (χ0v) is 23.0. The number of nitrogens with zero attached hydrogens (tertiary/aromatic N) is 1. The minimum Gasteiger partial charge on any atom is -0.858 e. The fourth-order valence-corrected chi connectivity index (χ4v) is 6.65. The summed E-state index contributed by atoms with van der Waals surface area (Å²) in [6, 6.07) is 0. The molecular weight excluding hydrogens is 814 g/mol. The molecule has 0 aliphatic heterocycles. The third-order valence-electron chi connectivity index (χ3n) is 3.76. The number of hydrogen-bond acceptors (Lipinski definition) is 5. The van der Waals surface area contributed by atoms with Crippen molar-refractivity contribution in [2.24, 2.45) is 4.40 Å². The van der Waals surface area contributed by atoms with Crippen LogP contribution < -0.4 is 5.11 Å². The number of carbonyl (C=O) groups excluding carboxylic acids is 1. The molecule has 1 saturated carbocycles. The van der Waals surface area contributed by atoms with Crippen molar-refractivity contribution in [3.63, 3.8) is 0 Å². The molecule has 0 saturated heterocycles. The maximum Gasteiger partial charge on any atom is 0.340 e. The van der Waals surface area contributed by atoms with Crippen molar-refractivity contribution in [3.05, 3.63) is 25.4 Å². The van der Waals surface area contributed by atoms with Crippen LogP contribution in [0.3, 0.4) is 0 Å². The van der Waals surface area contributed by atoms with E-state index >= 15 is 0 Å². The van der Waals surface area contributed by atoms with Gasteiger partial charge in [0, 0.05) is 25.7 Å². The van der Waals surface area contributed by atoms with Gasteiger partial charge in [-0.1, -0.05) is 6.42 Å². The lowest BCUT2D eigenvalue weighted by Gasteiger charge is -2.25. The molecule has 1 aromatic carbocycles. The van der Waals surface area contributed by atoms with Crippen LogP contribution in [-0.2, 0) is 14.8 Å². The highest BCUT2D eigenvalue weighted by Gasteiger charge is 2.28. The van der Waals surface area contributed by atoms with Crippen molar-refractivity contribution in [3.8, 4) is 0 Å². The Morgan fingerprint density at radius 2 is 1.50 bits per heavy atom. The average Bonchev–Trinajstić information content (AvgIpc) is 2.55. The Bertz CT molecular complexity index is 864. The SMILES string of the molecule is CS(=O)(=O)/N=C(\[O-])c1c(I)c(I)c(I)c(I)c1C(=O)OC1CCCCC1.